The van der Waals surface area contributed by atoms with Crippen LogP contribution in [0.25, 0.3) is 5.82 Å². The van der Waals surface area contributed by atoms with Crippen LogP contribution in [0.2, 0.25) is 0 Å². The van der Waals surface area contributed by atoms with Crippen LogP contribution >= 0.6 is 0 Å². The van der Waals surface area contributed by atoms with Gasteiger partial charge in [-0.05, 0) is 19.1 Å². The molecule has 3 heterocycles. The van der Waals surface area contributed by atoms with Crippen LogP contribution in [-0.2, 0) is 16.6 Å². The van der Waals surface area contributed by atoms with Gasteiger partial charge in [-0.25, -0.2) is 18.1 Å². The van der Waals surface area contributed by atoms with Gasteiger partial charge in [-0.2, -0.15) is 10.2 Å². The van der Waals surface area contributed by atoms with Crippen molar-refractivity contribution in [2.24, 2.45) is 0 Å². The molecule has 0 bridgehead atoms. The van der Waals surface area contributed by atoms with E-state index < -0.39 is 10.0 Å². The number of rotatable bonds is 5. The summed E-state index contributed by atoms with van der Waals surface area (Å²) in [5.74, 6) is 0.812. The van der Waals surface area contributed by atoms with Crippen LogP contribution in [0.5, 0.6) is 0 Å². The molecule has 0 spiro atoms. The third kappa shape index (κ3) is 2.84. The van der Waals surface area contributed by atoms with E-state index in [4.69, 9.17) is 0 Å². The third-order valence-corrected chi connectivity index (χ3v) is 4.27. The molecule has 3 aromatic rings. The maximum absolute atomic E-state index is 12.3. The van der Waals surface area contributed by atoms with E-state index in [2.05, 4.69) is 19.9 Å². The second kappa shape index (κ2) is 5.60. The van der Waals surface area contributed by atoms with Crippen LogP contribution in [0.3, 0.4) is 0 Å². The van der Waals surface area contributed by atoms with E-state index in [1.54, 1.807) is 41.3 Å². The zero-order chi connectivity index (χ0) is 15.6. The van der Waals surface area contributed by atoms with Gasteiger partial charge in [0.25, 0.3) is 10.0 Å². The van der Waals surface area contributed by atoms with Crippen LogP contribution in [0, 0.1) is 0 Å². The molecule has 0 amide bonds. The predicted molar refractivity (Wildman–Crippen MR) is 80.1 cm³/mol. The fourth-order valence-corrected chi connectivity index (χ4v) is 2.78. The highest BCUT2D eigenvalue weighted by Crippen LogP contribution is 2.15. The van der Waals surface area contributed by atoms with Crippen molar-refractivity contribution in [1.82, 2.24) is 24.5 Å². The van der Waals surface area contributed by atoms with E-state index in [1.165, 1.54) is 17.1 Å². The normalized spacial score (nSPS) is 11.5. The molecule has 0 radical (unpaired) electrons. The first-order chi connectivity index (χ1) is 10.6. The van der Waals surface area contributed by atoms with E-state index in [0.717, 1.165) is 0 Å². The number of pyridine rings is 1. The van der Waals surface area contributed by atoms with Gasteiger partial charge in [-0.1, -0.05) is 6.07 Å². The van der Waals surface area contributed by atoms with Crippen molar-refractivity contribution < 1.29 is 8.42 Å². The minimum Gasteiger partial charge on any atom is -0.271 e. The number of nitrogens with one attached hydrogen (secondary N) is 1. The average Bonchev–Trinajstić information content (AvgIpc) is 3.17. The van der Waals surface area contributed by atoms with Crippen molar-refractivity contribution in [3.8, 4) is 5.82 Å². The van der Waals surface area contributed by atoms with Gasteiger partial charge in [0, 0.05) is 25.0 Å². The standard InChI is InChI=1S/C13H14N6O2S/c1-2-18-8-6-12(16-18)17-22(20,21)11-9-15-19(10-11)13-5-3-4-7-14-13/h3-10H,2H2,1H3,(H,16,17). The molecule has 8 nitrogen and oxygen atoms in total. The fourth-order valence-electron chi connectivity index (χ4n) is 1.85. The molecule has 0 unspecified atom stereocenters. The Morgan fingerprint density at radius 2 is 2.14 bits per heavy atom. The Bertz CT molecular complexity index is 869. The van der Waals surface area contributed by atoms with Gasteiger partial charge in [0.15, 0.2) is 11.6 Å². The quantitative estimate of drug-likeness (QED) is 0.765. The number of aromatic nitrogens is 5. The molecule has 3 rings (SSSR count). The van der Waals surface area contributed by atoms with Crippen molar-refractivity contribution in [2.45, 2.75) is 18.4 Å². The van der Waals surface area contributed by atoms with Crippen molar-refractivity contribution >= 4 is 15.8 Å². The average molecular weight is 318 g/mol. The molecule has 9 heteroatoms. The van der Waals surface area contributed by atoms with Crippen LogP contribution in [-0.4, -0.2) is 33.0 Å². The Morgan fingerprint density at radius 1 is 1.27 bits per heavy atom. The molecule has 0 aromatic carbocycles. The fraction of sp³-hybridized carbons (Fsp3) is 0.154. The number of sulfonamides is 1. The molecular formula is C13H14N6O2S. The van der Waals surface area contributed by atoms with Gasteiger partial charge >= 0.3 is 0 Å². The molecule has 0 saturated carbocycles. The van der Waals surface area contributed by atoms with Crippen molar-refractivity contribution in [2.75, 3.05) is 4.72 Å². The van der Waals surface area contributed by atoms with E-state index in [0.29, 0.717) is 12.4 Å². The highest BCUT2D eigenvalue weighted by atomic mass is 32.2. The second-order valence-electron chi connectivity index (χ2n) is 4.47. The summed E-state index contributed by atoms with van der Waals surface area (Å²) in [5.41, 5.74) is 0. The van der Waals surface area contributed by atoms with Gasteiger partial charge in [0.05, 0.1) is 12.4 Å². The summed E-state index contributed by atoms with van der Waals surface area (Å²) in [6.07, 6.45) is 5.99. The lowest BCUT2D eigenvalue weighted by Gasteiger charge is -2.02. The minimum absolute atomic E-state index is 0.0456. The number of nitrogens with zero attached hydrogens (tertiary/aromatic N) is 5. The van der Waals surface area contributed by atoms with Gasteiger partial charge < -0.3 is 0 Å². The first kappa shape index (κ1) is 14.3. The van der Waals surface area contributed by atoms with Gasteiger partial charge in [-0.3, -0.25) is 9.40 Å². The summed E-state index contributed by atoms with van der Waals surface area (Å²) in [5, 5.41) is 8.12. The molecule has 0 saturated heterocycles. The molecule has 114 valence electrons. The SMILES string of the molecule is CCn1ccc(NS(=O)(=O)c2cnn(-c3ccccn3)c2)n1. The van der Waals surface area contributed by atoms with Crippen molar-refractivity contribution in [1.29, 1.82) is 0 Å². The zero-order valence-electron chi connectivity index (χ0n) is 11.8. The topological polar surface area (TPSA) is 94.7 Å². The Morgan fingerprint density at radius 3 is 2.82 bits per heavy atom. The van der Waals surface area contributed by atoms with Crippen molar-refractivity contribution in [3.63, 3.8) is 0 Å². The number of anilines is 1. The predicted octanol–water partition coefficient (Wildman–Crippen LogP) is 1.28. The summed E-state index contributed by atoms with van der Waals surface area (Å²) in [6.45, 7) is 2.58. The lowest BCUT2D eigenvalue weighted by Crippen LogP contribution is -2.13. The molecular weight excluding hydrogens is 304 g/mol. The second-order valence-corrected chi connectivity index (χ2v) is 6.15. The van der Waals surface area contributed by atoms with Gasteiger partial charge in [-0.15, -0.1) is 0 Å². The monoisotopic (exact) mass is 318 g/mol. The first-order valence-electron chi connectivity index (χ1n) is 6.61. The highest BCUT2D eigenvalue weighted by Gasteiger charge is 2.18. The maximum atomic E-state index is 12.3. The molecule has 0 atom stereocenters. The van der Waals surface area contributed by atoms with Crippen molar-refractivity contribution in [3.05, 3.63) is 49.1 Å². The summed E-state index contributed by atoms with van der Waals surface area (Å²) in [7, 11) is -3.73. The third-order valence-electron chi connectivity index (χ3n) is 2.96. The molecule has 0 aliphatic heterocycles. The van der Waals surface area contributed by atoms with E-state index in [9.17, 15) is 8.42 Å². The number of hydrogen-bond acceptors (Lipinski definition) is 5. The minimum atomic E-state index is -3.73. The highest BCUT2D eigenvalue weighted by molar-refractivity contribution is 7.92. The van der Waals surface area contributed by atoms with Crippen LogP contribution in [0.15, 0.2) is 53.9 Å². The maximum Gasteiger partial charge on any atom is 0.266 e. The molecule has 0 fully saturated rings. The molecule has 22 heavy (non-hydrogen) atoms. The van der Waals surface area contributed by atoms with Gasteiger partial charge in [0.2, 0.25) is 0 Å². The molecule has 3 aromatic heterocycles. The Kier molecular flexibility index (Phi) is 3.63. The Hall–Kier alpha value is -2.68. The summed E-state index contributed by atoms with van der Waals surface area (Å²) in [6, 6.07) is 6.91. The Balaban J connectivity index is 1.85. The zero-order valence-corrected chi connectivity index (χ0v) is 12.6. The van der Waals surface area contributed by atoms with Crippen LogP contribution < -0.4 is 4.72 Å². The lowest BCUT2D eigenvalue weighted by atomic mass is 10.5. The smallest absolute Gasteiger partial charge is 0.266 e. The van der Waals surface area contributed by atoms with E-state index >= 15 is 0 Å². The summed E-state index contributed by atoms with van der Waals surface area (Å²) >= 11 is 0. The number of aryl methyl sites for hydroxylation is 1. The molecule has 0 aliphatic carbocycles. The van der Waals surface area contributed by atoms with E-state index in [1.807, 2.05) is 6.92 Å². The lowest BCUT2D eigenvalue weighted by molar-refractivity contribution is 0.600. The largest absolute Gasteiger partial charge is 0.271 e. The number of hydrogen-bond donors (Lipinski definition) is 1. The first-order valence-corrected chi connectivity index (χ1v) is 8.09. The Labute approximate surface area is 127 Å². The summed E-state index contributed by atoms with van der Waals surface area (Å²) in [4.78, 5) is 4.16. The summed E-state index contributed by atoms with van der Waals surface area (Å²) < 4.78 is 30.1. The van der Waals surface area contributed by atoms with Crippen LogP contribution in [0.1, 0.15) is 6.92 Å². The van der Waals surface area contributed by atoms with Gasteiger partial charge in [0.1, 0.15) is 4.90 Å². The van der Waals surface area contributed by atoms with E-state index in [-0.39, 0.29) is 10.7 Å². The van der Waals surface area contributed by atoms with Crippen LogP contribution in [0.4, 0.5) is 5.82 Å². The molecule has 0 aliphatic rings. The molecule has 1 N–H and O–H groups in total.